The van der Waals surface area contributed by atoms with E-state index in [4.69, 9.17) is 4.74 Å². The van der Waals surface area contributed by atoms with E-state index in [9.17, 15) is 13.2 Å². The summed E-state index contributed by atoms with van der Waals surface area (Å²) < 4.78 is 31.2. The van der Waals surface area contributed by atoms with Crippen LogP contribution in [0.2, 0.25) is 0 Å². The molecule has 0 bridgehead atoms. The van der Waals surface area contributed by atoms with Crippen LogP contribution < -0.4 is 5.32 Å². The first-order valence-corrected chi connectivity index (χ1v) is 8.75. The molecule has 2 rings (SSSR count). The number of nitrogens with one attached hydrogen (secondary N) is 1. The number of ether oxygens (including phenoxy) is 1. The second kappa shape index (κ2) is 7.21. The molecule has 1 aromatic rings. The van der Waals surface area contributed by atoms with Crippen LogP contribution in [0.3, 0.4) is 0 Å². The van der Waals surface area contributed by atoms with Crippen LogP contribution in [0.4, 0.5) is 0 Å². The summed E-state index contributed by atoms with van der Waals surface area (Å²) in [5, 5.41) is 2.72. The largest absolute Gasteiger partial charge is 0.376 e. The molecule has 0 aliphatic carbocycles. The second-order valence-corrected chi connectivity index (χ2v) is 7.56. The van der Waals surface area contributed by atoms with Crippen molar-refractivity contribution in [2.24, 2.45) is 0 Å². The van der Waals surface area contributed by atoms with Crippen LogP contribution in [-0.4, -0.2) is 51.5 Å². The molecule has 0 radical (unpaired) electrons. The fraction of sp³-hybridized carbons (Fsp3) is 0.533. The zero-order valence-electron chi connectivity index (χ0n) is 12.9. The first-order chi connectivity index (χ1) is 10.4. The maximum atomic E-state index is 12.4. The van der Waals surface area contributed by atoms with E-state index in [0.29, 0.717) is 6.54 Å². The summed E-state index contributed by atoms with van der Waals surface area (Å²) >= 11 is 0. The summed E-state index contributed by atoms with van der Waals surface area (Å²) in [6, 6.07) is 6.56. The maximum Gasteiger partial charge on any atom is 0.243 e. The van der Waals surface area contributed by atoms with Crippen molar-refractivity contribution in [2.75, 3.05) is 26.7 Å². The van der Waals surface area contributed by atoms with Crippen LogP contribution in [-0.2, 0) is 19.6 Å². The van der Waals surface area contributed by atoms with Gasteiger partial charge >= 0.3 is 0 Å². The number of hydrogen-bond acceptors (Lipinski definition) is 4. The summed E-state index contributed by atoms with van der Waals surface area (Å²) in [6.07, 6.45) is 1.97. The zero-order chi connectivity index (χ0) is 16.2. The molecule has 1 aliphatic heterocycles. The van der Waals surface area contributed by atoms with Gasteiger partial charge in [0.2, 0.25) is 15.9 Å². The lowest BCUT2D eigenvalue weighted by Gasteiger charge is -2.18. The van der Waals surface area contributed by atoms with E-state index in [1.54, 1.807) is 24.3 Å². The van der Waals surface area contributed by atoms with Gasteiger partial charge in [-0.25, -0.2) is 8.42 Å². The van der Waals surface area contributed by atoms with Crippen LogP contribution in [0.25, 0.3) is 0 Å². The molecule has 0 spiro atoms. The van der Waals surface area contributed by atoms with Gasteiger partial charge in [0, 0.05) is 20.2 Å². The minimum atomic E-state index is -3.65. The average molecular weight is 326 g/mol. The molecule has 1 heterocycles. The normalized spacial score (nSPS) is 18.6. The van der Waals surface area contributed by atoms with Crippen molar-refractivity contribution in [1.29, 1.82) is 0 Å². The maximum absolute atomic E-state index is 12.4. The summed E-state index contributed by atoms with van der Waals surface area (Å²) in [4.78, 5) is 12.1. The number of likely N-dealkylation sites (N-methyl/N-ethyl adjacent to an activating group) is 1. The third kappa shape index (κ3) is 4.28. The number of rotatable bonds is 6. The zero-order valence-corrected chi connectivity index (χ0v) is 13.7. The quantitative estimate of drug-likeness (QED) is 0.843. The molecule has 6 nitrogen and oxygen atoms in total. The Labute approximate surface area is 131 Å². The summed E-state index contributed by atoms with van der Waals surface area (Å²) in [5.41, 5.74) is 0.982. The molecule has 7 heteroatoms. The number of amides is 1. The predicted molar refractivity (Wildman–Crippen MR) is 83.0 cm³/mol. The van der Waals surface area contributed by atoms with Gasteiger partial charge in [0.1, 0.15) is 0 Å². The van der Waals surface area contributed by atoms with Gasteiger partial charge in [-0.2, -0.15) is 4.31 Å². The van der Waals surface area contributed by atoms with Gasteiger partial charge in [-0.05, 0) is 31.9 Å². The number of benzene rings is 1. The highest BCUT2D eigenvalue weighted by atomic mass is 32.2. The molecule has 22 heavy (non-hydrogen) atoms. The van der Waals surface area contributed by atoms with Crippen LogP contribution in [0, 0.1) is 6.92 Å². The molecule has 0 saturated carbocycles. The fourth-order valence-corrected chi connectivity index (χ4v) is 3.39. The molecule has 1 amide bonds. The summed E-state index contributed by atoms with van der Waals surface area (Å²) in [7, 11) is -2.24. The SMILES string of the molecule is Cc1ccc(S(=O)(=O)N(C)CC(=O)NC[C@H]2CCCO2)cc1. The minimum Gasteiger partial charge on any atom is -0.376 e. The highest BCUT2D eigenvalue weighted by Gasteiger charge is 2.23. The monoisotopic (exact) mass is 326 g/mol. The lowest BCUT2D eigenvalue weighted by atomic mass is 10.2. The third-order valence-electron chi connectivity index (χ3n) is 3.65. The lowest BCUT2D eigenvalue weighted by molar-refractivity contribution is -0.121. The van der Waals surface area contributed by atoms with Crippen molar-refractivity contribution in [1.82, 2.24) is 9.62 Å². The Morgan fingerprint density at radius 2 is 2.05 bits per heavy atom. The second-order valence-electron chi connectivity index (χ2n) is 5.51. The van der Waals surface area contributed by atoms with E-state index in [0.717, 1.165) is 29.3 Å². The van der Waals surface area contributed by atoms with Crippen molar-refractivity contribution in [3.8, 4) is 0 Å². The Bertz CT molecular complexity index is 607. The molecule has 1 aromatic carbocycles. The van der Waals surface area contributed by atoms with Gasteiger partial charge in [0.25, 0.3) is 0 Å². The van der Waals surface area contributed by atoms with Crippen molar-refractivity contribution in [3.63, 3.8) is 0 Å². The molecule has 0 aromatic heterocycles. The van der Waals surface area contributed by atoms with Gasteiger partial charge in [-0.15, -0.1) is 0 Å². The molecule has 1 atom stereocenters. The van der Waals surface area contributed by atoms with Crippen molar-refractivity contribution >= 4 is 15.9 Å². The molecule has 1 fully saturated rings. The molecule has 122 valence electrons. The third-order valence-corrected chi connectivity index (χ3v) is 5.46. The Morgan fingerprint density at radius 1 is 1.36 bits per heavy atom. The smallest absolute Gasteiger partial charge is 0.243 e. The lowest BCUT2D eigenvalue weighted by Crippen LogP contribution is -2.40. The van der Waals surface area contributed by atoms with Crippen molar-refractivity contribution < 1.29 is 17.9 Å². The molecule has 1 saturated heterocycles. The van der Waals surface area contributed by atoms with E-state index in [1.165, 1.54) is 7.05 Å². The molecule has 1 N–H and O–H groups in total. The topological polar surface area (TPSA) is 75.7 Å². The van der Waals surface area contributed by atoms with Gasteiger partial charge in [-0.1, -0.05) is 17.7 Å². The number of carbonyl (C=O) groups excluding carboxylic acids is 1. The Hall–Kier alpha value is -1.44. The van der Waals surface area contributed by atoms with Crippen LogP contribution in [0.15, 0.2) is 29.2 Å². The Morgan fingerprint density at radius 3 is 2.64 bits per heavy atom. The van der Waals surface area contributed by atoms with E-state index in [2.05, 4.69) is 5.32 Å². The number of carbonyl (C=O) groups is 1. The number of hydrogen-bond donors (Lipinski definition) is 1. The standard InChI is InChI=1S/C15H22N2O4S/c1-12-5-7-14(8-6-12)22(19,20)17(2)11-15(18)16-10-13-4-3-9-21-13/h5-8,13H,3-4,9-11H2,1-2H3,(H,16,18)/t13-/m1/s1. The number of nitrogens with zero attached hydrogens (tertiary/aromatic N) is 1. The predicted octanol–water partition coefficient (Wildman–Crippen LogP) is 0.911. The van der Waals surface area contributed by atoms with Gasteiger partial charge in [0.05, 0.1) is 17.5 Å². The number of aryl methyl sites for hydroxylation is 1. The molecule has 0 unspecified atom stereocenters. The van der Waals surface area contributed by atoms with Gasteiger partial charge in [-0.3, -0.25) is 4.79 Å². The molecule has 1 aliphatic rings. The van der Waals surface area contributed by atoms with Crippen LogP contribution >= 0.6 is 0 Å². The van der Waals surface area contributed by atoms with Crippen LogP contribution in [0.1, 0.15) is 18.4 Å². The summed E-state index contributed by atoms with van der Waals surface area (Å²) in [5.74, 6) is -0.325. The van der Waals surface area contributed by atoms with E-state index < -0.39 is 10.0 Å². The number of sulfonamides is 1. The van der Waals surface area contributed by atoms with Gasteiger partial charge in [0.15, 0.2) is 0 Å². The Balaban J connectivity index is 1.90. The van der Waals surface area contributed by atoms with Crippen LogP contribution in [0.5, 0.6) is 0 Å². The first-order valence-electron chi connectivity index (χ1n) is 7.31. The van der Waals surface area contributed by atoms with E-state index >= 15 is 0 Å². The Kier molecular flexibility index (Phi) is 5.55. The van der Waals surface area contributed by atoms with E-state index in [-0.39, 0.29) is 23.5 Å². The molecular weight excluding hydrogens is 304 g/mol. The summed E-state index contributed by atoms with van der Waals surface area (Å²) in [6.45, 7) is 2.83. The van der Waals surface area contributed by atoms with Crippen molar-refractivity contribution in [2.45, 2.75) is 30.8 Å². The minimum absolute atomic E-state index is 0.0444. The van der Waals surface area contributed by atoms with Gasteiger partial charge < -0.3 is 10.1 Å². The van der Waals surface area contributed by atoms with Crippen molar-refractivity contribution in [3.05, 3.63) is 29.8 Å². The first kappa shape index (κ1) is 16.9. The highest BCUT2D eigenvalue weighted by Crippen LogP contribution is 2.15. The average Bonchev–Trinajstić information content (AvgIpc) is 2.99. The highest BCUT2D eigenvalue weighted by molar-refractivity contribution is 7.89. The fourth-order valence-electron chi connectivity index (χ4n) is 2.27. The molecular formula is C15H22N2O4S. The van der Waals surface area contributed by atoms with E-state index in [1.807, 2.05) is 6.92 Å².